The molecule has 0 amide bonds. The van der Waals surface area contributed by atoms with Gasteiger partial charge in [-0.15, -0.1) is 5.23 Å². The van der Waals surface area contributed by atoms with Crippen LogP contribution in [0.5, 0.6) is 5.75 Å². The van der Waals surface area contributed by atoms with Crippen molar-refractivity contribution in [3.05, 3.63) is 82.5 Å². The van der Waals surface area contributed by atoms with Gasteiger partial charge in [0.1, 0.15) is 0 Å². The third kappa shape index (κ3) is 2.69. The van der Waals surface area contributed by atoms with Crippen LogP contribution in [0.15, 0.2) is 66.7 Å². The Labute approximate surface area is 152 Å². The van der Waals surface area contributed by atoms with E-state index in [9.17, 15) is 25.9 Å². The normalized spacial score (nSPS) is 11.0. The number of nitrogens with zero attached hydrogens (tertiary/aromatic N) is 3. The van der Waals surface area contributed by atoms with Crippen molar-refractivity contribution in [2.24, 2.45) is 0 Å². The summed E-state index contributed by atoms with van der Waals surface area (Å²) < 4.78 is 1.69. The number of benzene rings is 3. The number of aromatic nitrogens is 1. The summed E-state index contributed by atoms with van der Waals surface area (Å²) in [5.41, 5.74) is 1.80. The third-order valence-corrected chi connectivity index (χ3v) is 4.39. The van der Waals surface area contributed by atoms with Crippen LogP contribution in [-0.2, 0) is 0 Å². The highest BCUT2D eigenvalue weighted by Gasteiger charge is 2.16. The number of hydrogen-bond acceptors (Lipinski definition) is 6. The fourth-order valence-corrected chi connectivity index (χ4v) is 3.16. The van der Waals surface area contributed by atoms with E-state index in [0.717, 1.165) is 0 Å². The topological polar surface area (TPSA) is 121 Å². The maximum atomic E-state index is 12.9. The van der Waals surface area contributed by atoms with E-state index in [1.54, 1.807) is 28.8 Å². The summed E-state index contributed by atoms with van der Waals surface area (Å²) in [6.45, 7) is 0. The molecule has 0 radical (unpaired) electrons. The fraction of sp³-hybridized carbons (Fsp3) is 0. The van der Waals surface area contributed by atoms with Crippen molar-refractivity contribution >= 4 is 16.6 Å². The van der Waals surface area contributed by atoms with Crippen molar-refractivity contribution < 1.29 is 15.5 Å². The summed E-state index contributed by atoms with van der Waals surface area (Å²) in [4.78, 5) is -0.525. The summed E-state index contributed by atoms with van der Waals surface area (Å²) in [6.07, 6.45) is 0. The molecule has 1 aliphatic heterocycles. The predicted octanol–water partition coefficient (Wildman–Crippen LogP) is 2.16. The molecule has 2 aromatic rings. The highest BCUT2D eigenvalue weighted by Crippen LogP contribution is 2.39. The molecule has 1 heterocycles. The van der Waals surface area contributed by atoms with Crippen LogP contribution >= 0.6 is 0 Å². The third-order valence-electron chi connectivity index (χ3n) is 4.39. The van der Waals surface area contributed by atoms with Crippen molar-refractivity contribution in [1.29, 1.82) is 0 Å². The highest BCUT2D eigenvalue weighted by molar-refractivity contribution is 5.96. The van der Waals surface area contributed by atoms with E-state index in [1.807, 2.05) is 6.07 Å². The van der Waals surface area contributed by atoms with Gasteiger partial charge >= 0.3 is 0 Å². The van der Waals surface area contributed by atoms with Gasteiger partial charge in [-0.1, -0.05) is 30.0 Å². The summed E-state index contributed by atoms with van der Waals surface area (Å²) in [5, 5.41) is 54.2. The lowest BCUT2D eigenvalue weighted by Gasteiger charge is -2.26. The van der Waals surface area contributed by atoms with Crippen molar-refractivity contribution in [3.63, 3.8) is 0 Å². The molecule has 1 aliphatic carbocycles. The largest absolute Gasteiger partial charge is 0.872 e. The Hall–Kier alpha value is -3.75. The van der Waals surface area contributed by atoms with Crippen molar-refractivity contribution in [2.75, 3.05) is 5.23 Å². The Bertz CT molecular complexity index is 1180. The number of para-hydroxylation sites is 1. The first kappa shape index (κ1) is 16.7. The minimum absolute atomic E-state index is 0.0448. The second-order valence-corrected chi connectivity index (χ2v) is 5.95. The summed E-state index contributed by atoms with van der Waals surface area (Å²) in [7, 11) is 0. The van der Waals surface area contributed by atoms with Gasteiger partial charge in [0.05, 0.1) is 16.9 Å². The van der Waals surface area contributed by atoms with Crippen LogP contribution in [0, 0.1) is 10.4 Å². The van der Waals surface area contributed by atoms with Gasteiger partial charge in [-0.2, -0.15) is 4.90 Å². The summed E-state index contributed by atoms with van der Waals surface area (Å²) in [5.74, 6) is -0.295. The van der Waals surface area contributed by atoms with Gasteiger partial charge < -0.3 is 20.1 Å². The van der Waals surface area contributed by atoms with E-state index in [4.69, 9.17) is 0 Å². The van der Waals surface area contributed by atoms with Gasteiger partial charge in [-0.3, -0.25) is 10.4 Å². The van der Waals surface area contributed by atoms with Gasteiger partial charge in [-0.25, -0.2) is 0 Å². The molecule has 4 rings (SSSR count). The Balaban J connectivity index is 2.25. The summed E-state index contributed by atoms with van der Waals surface area (Å²) >= 11 is 0. The molecule has 8 nitrogen and oxygen atoms in total. The monoisotopic (exact) mass is 363 g/mol. The zero-order valence-corrected chi connectivity index (χ0v) is 13.8. The molecule has 8 heteroatoms. The van der Waals surface area contributed by atoms with Crippen molar-refractivity contribution in [3.8, 4) is 22.7 Å². The second-order valence-electron chi connectivity index (χ2n) is 5.95. The van der Waals surface area contributed by atoms with Crippen LogP contribution in [-0.4, -0.2) is 15.0 Å². The molecule has 2 aliphatic rings. The van der Waals surface area contributed by atoms with E-state index in [-0.39, 0.29) is 22.0 Å². The molecular weight excluding hydrogens is 350 g/mol. The first-order valence-corrected chi connectivity index (χ1v) is 7.97. The van der Waals surface area contributed by atoms with Crippen LogP contribution in [0.4, 0.5) is 5.69 Å². The van der Waals surface area contributed by atoms with E-state index in [0.29, 0.717) is 27.8 Å². The molecule has 0 fully saturated rings. The molecule has 2 N–H and O–H groups in total. The smallest absolute Gasteiger partial charge is 0.224 e. The Morgan fingerprint density at radius 1 is 0.889 bits per heavy atom. The number of rotatable bonds is 2. The lowest BCUT2D eigenvalue weighted by molar-refractivity contribution is -0.264. The maximum absolute atomic E-state index is 12.9. The van der Waals surface area contributed by atoms with Gasteiger partial charge in [0, 0.05) is 17.8 Å². The first-order valence-electron chi connectivity index (χ1n) is 7.97. The maximum Gasteiger partial charge on any atom is 0.224 e. The molecule has 0 aromatic heterocycles. The van der Waals surface area contributed by atoms with Gasteiger partial charge in [0.2, 0.25) is 5.36 Å². The van der Waals surface area contributed by atoms with Gasteiger partial charge in [-0.05, 0) is 41.3 Å². The molecular formula is C19H13N3O5-2. The molecule has 0 saturated heterocycles. The van der Waals surface area contributed by atoms with Gasteiger partial charge in [0.15, 0.2) is 0 Å². The molecule has 0 unspecified atom stereocenters. The Kier molecular flexibility index (Phi) is 3.84. The lowest BCUT2D eigenvalue weighted by Crippen LogP contribution is -2.20. The second kappa shape index (κ2) is 6.20. The van der Waals surface area contributed by atoms with Crippen molar-refractivity contribution in [1.82, 2.24) is 9.47 Å². The van der Waals surface area contributed by atoms with E-state index in [1.165, 1.54) is 36.4 Å². The molecule has 0 atom stereocenters. The molecule has 0 saturated carbocycles. The number of anilines is 1. The molecule has 27 heavy (non-hydrogen) atoms. The molecule has 0 bridgehead atoms. The number of pyridine rings is 1. The van der Waals surface area contributed by atoms with Crippen LogP contribution in [0.1, 0.15) is 0 Å². The van der Waals surface area contributed by atoms with Crippen LogP contribution in [0.2, 0.25) is 0 Å². The molecule has 136 valence electrons. The number of fused-ring (bicyclic) bond motifs is 2. The van der Waals surface area contributed by atoms with Crippen LogP contribution in [0.25, 0.3) is 27.8 Å². The standard InChI is InChI=1S/C19H14N3O5/c23-19-15-8-6-13(21(24)25)10-17(15)20(12-4-2-1-3-5-12)18-11-14(22(26)27)7-9-16(18)19/h1-11,24-25H,(H-,23,26,27)/q-1/p-1. The van der Waals surface area contributed by atoms with Crippen LogP contribution in [0.3, 0.4) is 0 Å². The van der Waals surface area contributed by atoms with E-state index >= 15 is 0 Å². The zero-order valence-electron chi connectivity index (χ0n) is 13.8. The molecule has 2 aromatic carbocycles. The summed E-state index contributed by atoms with van der Waals surface area (Å²) in [6, 6.07) is 17.4. The van der Waals surface area contributed by atoms with Crippen molar-refractivity contribution in [2.45, 2.75) is 0 Å². The Morgan fingerprint density at radius 2 is 1.63 bits per heavy atom. The van der Waals surface area contributed by atoms with E-state index < -0.39 is 4.90 Å². The SMILES string of the molecule is [O-]c1c2ccc(=[N+]([O-])[O-])cc-2n(-c2ccccc2)c2cc(N(O)O)ccc12. The highest BCUT2D eigenvalue weighted by atomic mass is 16.8. The van der Waals surface area contributed by atoms with Gasteiger partial charge in [0.25, 0.3) is 0 Å². The van der Waals surface area contributed by atoms with Crippen LogP contribution < -0.4 is 20.6 Å². The predicted molar refractivity (Wildman–Crippen MR) is 97.4 cm³/mol. The quantitative estimate of drug-likeness (QED) is 0.416. The number of hydrogen-bond donors (Lipinski definition) is 2. The van der Waals surface area contributed by atoms with E-state index in [2.05, 4.69) is 0 Å². The zero-order chi connectivity index (χ0) is 19.1. The minimum atomic E-state index is -0.525. The lowest BCUT2D eigenvalue weighted by atomic mass is 10.0. The minimum Gasteiger partial charge on any atom is -0.872 e. The first-order chi connectivity index (χ1) is 13.0. The molecule has 0 spiro atoms. The Morgan fingerprint density at radius 3 is 2.30 bits per heavy atom. The average molecular weight is 363 g/mol. The fourth-order valence-electron chi connectivity index (χ4n) is 3.16. The average Bonchev–Trinajstić information content (AvgIpc) is 2.68.